The summed E-state index contributed by atoms with van der Waals surface area (Å²) in [5, 5.41) is 37.1. The quantitative estimate of drug-likeness (QED) is 0.191. The highest BCUT2D eigenvalue weighted by Crippen LogP contribution is 2.61. The molecule has 2 unspecified atom stereocenters. The van der Waals surface area contributed by atoms with E-state index < -0.39 is 24.2 Å². The zero-order valence-electron chi connectivity index (χ0n) is 31.9. The zero-order valence-corrected chi connectivity index (χ0v) is 31.9. The molecule has 4 N–H and O–H groups in total. The molecule has 5 fully saturated rings. The number of aliphatic hydroxyl groups is 2. The minimum atomic E-state index is -0.832. The summed E-state index contributed by atoms with van der Waals surface area (Å²) in [7, 11) is 0. The second kappa shape index (κ2) is 16.2. The number of para-hydroxylation sites is 1. The minimum Gasteiger partial charge on any atom is -0.508 e. The van der Waals surface area contributed by atoms with Crippen molar-refractivity contribution in [3.8, 4) is 5.75 Å². The van der Waals surface area contributed by atoms with Crippen molar-refractivity contribution in [3.63, 3.8) is 0 Å². The number of hydrogen-bond acceptors (Lipinski definition) is 8. The maximum atomic E-state index is 14.2. The Bertz CT molecular complexity index is 1460. The number of aromatic hydroxyl groups is 1. The molecule has 9 nitrogen and oxygen atoms in total. The smallest absolute Gasteiger partial charge is 0.240 e. The number of carbonyl (C=O) groups excluding carboxylic acids is 1. The number of phenols is 1. The number of nitrogens with zero attached hydrogens (tertiary/aromatic N) is 3. The summed E-state index contributed by atoms with van der Waals surface area (Å²) in [6.45, 7) is 18.0. The molecule has 1 amide bonds. The van der Waals surface area contributed by atoms with Gasteiger partial charge in [0.05, 0.1) is 19.3 Å². The maximum absolute atomic E-state index is 14.2. The van der Waals surface area contributed by atoms with Crippen LogP contribution in [-0.2, 0) is 29.3 Å². The van der Waals surface area contributed by atoms with Gasteiger partial charge >= 0.3 is 0 Å². The Morgan fingerprint density at radius 2 is 1.76 bits per heavy atom. The summed E-state index contributed by atoms with van der Waals surface area (Å²) < 4.78 is 0. The number of amides is 1. The summed E-state index contributed by atoms with van der Waals surface area (Å²) in [6.07, 6.45) is 4.27. The van der Waals surface area contributed by atoms with E-state index >= 15 is 0 Å². The van der Waals surface area contributed by atoms with Gasteiger partial charge < -0.3 is 25.5 Å². The van der Waals surface area contributed by atoms with Gasteiger partial charge in [0.25, 0.3) is 0 Å². The first-order valence-electron chi connectivity index (χ1n) is 19.7. The van der Waals surface area contributed by atoms with Crippen LogP contribution in [0.3, 0.4) is 0 Å². The Kier molecular flexibility index (Phi) is 12.2. The topological polar surface area (TPSA) is 109 Å². The Balaban J connectivity index is 1.22. The van der Waals surface area contributed by atoms with Gasteiger partial charge in [0.2, 0.25) is 5.91 Å². The molecule has 2 aliphatic heterocycles. The van der Waals surface area contributed by atoms with Crippen molar-refractivity contribution in [3.05, 3.63) is 65.2 Å². The SMILES string of the molecule is CC(C)C[C@@H](CN1CCCC1)N(Cc1cccc(CN2OC(CO)[C@@H]([C@H](C)O)[C@H]2C(=O)N[C@H]2C[C@H]3C[C@@H](C2C)C3(C)C)c1)Cc1ccccc1O. The molecule has 0 aromatic heterocycles. The molecule has 3 saturated carbocycles. The van der Waals surface area contributed by atoms with Gasteiger partial charge in [-0.1, -0.05) is 77.1 Å². The molecule has 2 heterocycles. The van der Waals surface area contributed by atoms with Crippen LogP contribution in [0.2, 0.25) is 0 Å². The van der Waals surface area contributed by atoms with Crippen molar-refractivity contribution >= 4 is 5.91 Å². The van der Waals surface area contributed by atoms with Crippen LogP contribution in [0, 0.1) is 35.0 Å². The van der Waals surface area contributed by atoms with Crippen molar-refractivity contribution in [1.82, 2.24) is 20.2 Å². The molecule has 7 rings (SSSR count). The predicted molar refractivity (Wildman–Crippen MR) is 200 cm³/mol. The molecule has 3 aliphatic carbocycles. The number of aliphatic hydroxyl groups excluding tert-OH is 2. The number of benzene rings is 2. The molecule has 51 heavy (non-hydrogen) atoms. The molecule has 282 valence electrons. The number of hydroxylamine groups is 2. The fourth-order valence-electron chi connectivity index (χ4n) is 10.0. The van der Waals surface area contributed by atoms with Gasteiger partial charge in [0.1, 0.15) is 17.9 Å². The van der Waals surface area contributed by atoms with Gasteiger partial charge in [0.15, 0.2) is 0 Å². The number of nitrogens with one attached hydrogen (secondary N) is 1. The monoisotopic (exact) mass is 704 g/mol. The van der Waals surface area contributed by atoms with Gasteiger partial charge in [-0.05, 0) is 98.4 Å². The largest absolute Gasteiger partial charge is 0.508 e. The van der Waals surface area contributed by atoms with E-state index in [1.54, 1.807) is 18.1 Å². The van der Waals surface area contributed by atoms with Crippen LogP contribution < -0.4 is 5.32 Å². The van der Waals surface area contributed by atoms with E-state index in [-0.39, 0.29) is 18.6 Å². The number of phenolic OH excluding ortho intramolecular Hbond substituents is 1. The molecular formula is C42H64N4O5. The first-order chi connectivity index (χ1) is 24.3. The van der Waals surface area contributed by atoms with Gasteiger partial charge in [-0.15, -0.1) is 0 Å². The second-order valence-electron chi connectivity index (χ2n) is 17.4. The first kappa shape index (κ1) is 38.2. The summed E-state index contributed by atoms with van der Waals surface area (Å²) in [6, 6.07) is 15.8. The van der Waals surface area contributed by atoms with E-state index in [0.717, 1.165) is 49.2 Å². The van der Waals surface area contributed by atoms with Crippen molar-refractivity contribution < 1.29 is 25.0 Å². The van der Waals surface area contributed by atoms with Gasteiger partial charge in [0, 0.05) is 43.2 Å². The summed E-state index contributed by atoms with van der Waals surface area (Å²) >= 11 is 0. The van der Waals surface area contributed by atoms with E-state index in [1.165, 1.54) is 19.3 Å². The zero-order chi connectivity index (χ0) is 36.4. The first-order valence-corrected chi connectivity index (χ1v) is 19.7. The van der Waals surface area contributed by atoms with Gasteiger partial charge in [-0.25, -0.2) is 0 Å². The van der Waals surface area contributed by atoms with E-state index in [9.17, 15) is 20.1 Å². The maximum Gasteiger partial charge on any atom is 0.240 e. The Labute approximate surface area is 306 Å². The lowest BCUT2D eigenvalue weighted by atomic mass is 9.45. The standard InChI is InChI=1S/C42H64N4O5/c1-27(2)18-34(25-44-16-9-10-17-44)45(24-32-14-7-8-15-37(32)49)22-30-12-11-13-31(19-30)23-46-40(39(29(4)48)38(26-47)51-46)41(50)43-36-21-33-20-35(28(36)3)42(33,5)6/h7-8,11-15,19,27-29,33-36,38-40,47-49H,9-10,16-18,20-26H2,1-6H3,(H,43,50)/t28?,29-,33+,34-,35-,36-,38?,39+,40-/m0/s1. The number of fused-ring (bicyclic) bond motifs is 2. The lowest BCUT2D eigenvalue weighted by molar-refractivity contribution is -0.183. The second-order valence-corrected chi connectivity index (χ2v) is 17.4. The molecule has 9 atom stereocenters. The van der Waals surface area contributed by atoms with E-state index in [4.69, 9.17) is 4.84 Å². The third-order valence-corrected chi connectivity index (χ3v) is 13.1. The third kappa shape index (κ3) is 8.50. The summed E-state index contributed by atoms with van der Waals surface area (Å²) in [5.74, 6) is 1.76. The number of likely N-dealkylation sites (tertiary alicyclic amines) is 1. The van der Waals surface area contributed by atoms with E-state index in [0.29, 0.717) is 60.5 Å². The van der Waals surface area contributed by atoms with Crippen LogP contribution in [0.25, 0.3) is 0 Å². The van der Waals surface area contributed by atoms with E-state index in [2.05, 4.69) is 74.0 Å². The summed E-state index contributed by atoms with van der Waals surface area (Å²) in [4.78, 5) is 25.6. The average Bonchev–Trinajstić information content (AvgIpc) is 3.73. The highest BCUT2D eigenvalue weighted by Gasteiger charge is 2.57. The fourth-order valence-corrected chi connectivity index (χ4v) is 10.0. The highest BCUT2D eigenvalue weighted by molar-refractivity contribution is 5.82. The minimum absolute atomic E-state index is 0.0941. The van der Waals surface area contributed by atoms with Crippen LogP contribution >= 0.6 is 0 Å². The highest BCUT2D eigenvalue weighted by atomic mass is 16.7. The Morgan fingerprint density at radius 3 is 2.41 bits per heavy atom. The van der Waals surface area contributed by atoms with Gasteiger partial charge in [-0.2, -0.15) is 5.06 Å². The van der Waals surface area contributed by atoms with Crippen molar-refractivity contribution in [2.75, 3.05) is 26.2 Å². The Hall–Kier alpha value is -2.53. The summed E-state index contributed by atoms with van der Waals surface area (Å²) in [5.41, 5.74) is 3.40. The molecule has 2 aromatic carbocycles. The molecular weight excluding hydrogens is 640 g/mol. The van der Waals surface area contributed by atoms with Crippen LogP contribution in [0.15, 0.2) is 48.5 Å². The van der Waals surface area contributed by atoms with Crippen LogP contribution in [-0.4, -0.2) is 92.7 Å². The molecule has 5 aliphatic rings. The number of carbonyl (C=O) groups is 1. The molecule has 2 saturated heterocycles. The van der Waals surface area contributed by atoms with Crippen molar-refractivity contribution in [2.45, 2.75) is 124 Å². The molecule has 9 heteroatoms. The molecule has 0 spiro atoms. The predicted octanol–water partition coefficient (Wildman–Crippen LogP) is 5.57. The molecule has 0 radical (unpaired) electrons. The van der Waals surface area contributed by atoms with E-state index in [1.807, 2.05) is 18.2 Å². The van der Waals surface area contributed by atoms with Gasteiger partial charge in [-0.3, -0.25) is 14.5 Å². The van der Waals surface area contributed by atoms with Crippen LogP contribution in [0.5, 0.6) is 5.75 Å². The third-order valence-electron chi connectivity index (χ3n) is 13.1. The molecule has 2 aromatic rings. The van der Waals surface area contributed by atoms with Crippen LogP contribution in [0.1, 0.15) is 90.3 Å². The van der Waals surface area contributed by atoms with Crippen molar-refractivity contribution in [1.29, 1.82) is 0 Å². The Morgan fingerprint density at radius 1 is 1.04 bits per heavy atom. The van der Waals surface area contributed by atoms with Crippen LogP contribution in [0.4, 0.5) is 0 Å². The fraction of sp³-hybridized carbons (Fsp3) is 0.690. The lowest BCUT2D eigenvalue weighted by Crippen LogP contribution is -2.62. The number of hydrogen-bond donors (Lipinski definition) is 4. The normalized spacial score (nSPS) is 30.4. The average molecular weight is 705 g/mol. The number of rotatable bonds is 15. The molecule has 2 bridgehead atoms. The van der Waals surface area contributed by atoms with Crippen molar-refractivity contribution in [2.24, 2.45) is 35.0 Å². The lowest BCUT2D eigenvalue weighted by Gasteiger charge is -2.62.